The molecule has 1 atom stereocenters. The van der Waals surface area contributed by atoms with Crippen LogP contribution >= 0.6 is 11.3 Å². The second-order valence-corrected chi connectivity index (χ2v) is 9.02. The first-order chi connectivity index (χ1) is 12.8. The minimum Gasteiger partial charge on any atom is -0.303 e. The van der Waals surface area contributed by atoms with Gasteiger partial charge in [-0.2, -0.15) is 4.99 Å². The summed E-state index contributed by atoms with van der Waals surface area (Å²) in [6, 6.07) is 15.1. The van der Waals surface area contributed by atoms with Crippen molar-refractivity contribution in [1.29, 1.82) is 0 Å². The van der Waals surface area contributed by atoms with Crippen molar-refractivity contribution >= 4 is 23.4 Å². The summed E-state index contributed by atoms with van der Waals surface area (Å²) in [6.45, 7) is 6.27. The molecule has 26 heavy (non-hydrogen) atoms. The Bertz CT molecular complexity index is 830. The van der Waals surface area contributed by atoms with Crippen LogP contribution in [0.1, 0.15) is 24.1 Å². The van der Waals surface area contributed by atoms with Crippen molar-refractivity contribution in [2.24, 2.45) is 10.9 Å². The first kappa shape index (κ1) is 16.4. The molecule has 1 aromatic carbocycles. The molecule has 134 valence electrons. The molecule has 0 saturated carbocycles. The Hall–Kier alpha value is -1.75. The van der Waals surface area contributed by atoms with Crippen molar-refractivity contribution < 1.29 is 4.48 Å². The summed E-state index contributed by atoms with van der Waals surface area (Å²) in [4.78, 5) is 10.2. The van der Waals surface area contributed by atoms with Crippen LogP contribution in [0.15, 0.2) is 53.7 Å². The maximum Gasteiger partial charge on any atom is 0.195 e. The lowest BCUT2D eigenvalue weighted by Crippen LogP contribution is -2.44. The molecule has 3 saturated heterocycles. The van der Waals surface area contributed by atoms with Gasteiger partial charge in [-0.05, 0) is 43.6 Å². The van der Waals surface area contributed by atoms with Crippen molar-refractivity contribution in [1.82, 2.24) is 4.90 Å². The fraction of sp³-hybridized carbons (Fsp3) is 0.409. The van der Waals surface area contributed by atoms with Crippen LogP contribution in [0, 0.1) is 5.92 Å². The Kier molecular flexibility index (Phi) is 4.27. The molecule has 2 aromatic rings. The van der Waals surface area contributed by atoms with Crippen LogP contribution in [-0.2, 0) is 0 Å². The third-order valence-corrected chi connectivity index (χ3v) is 7.23. The second kappa shape index (κ2) is 6.76. The van der Waals surface area contributed by atoms with Gasteiger partial charge in [-0.3, -0.25) is 4.48 Å². The molecule has 0 amide bonds. The number of piperidine rings is 1. The highest BCUT2D eigenvalue weighted by Crippen LogP contribution is 2.36. The highest BCUT2D eigenvalue weighted by atomic mass is 32.1. The van der Waals surface area contributed by atoms with Gasteiger partial charge < -0.3 is 4.90 Å². The van der Waals surface area contributed by atoms with E-state index in [-0.39, 0.29) is 0 Å². The molecule has 4 aliphatic heterocycles. The van der Waals surface area contributed by atoms with E-state index in [1.807, 2.05) is 11.3 Å². The van der Waals surface area contributed by atoms with Crippen LogP contribution in [0.3, 0.4) is 0 Å². The van der Waals surface area contributed by atoms with Gasteiger partial charge in [-0.1, -0.05) is 30.3 Å². The molecule has 4 aliphatic rings. The number of quaternary nitrogens is 1. The molecule has 1 spiro atoms. The fourth-order valence-corrected chi connectivity index (χ4v) is 5.60. The summed E-state index contributed by atoms with van der Waals surface area (Å²) < 4.78 is 0.965. The van der Waals surface area contributed by atoms with Gasteiger partial charge in [0.1, 0.15) is 11.9 Å². The van der Waals surface area contributed by atoms with E-state index in [0.717, 1.165) is 10.4 Å². The van der Waals surface area contributed by atoms with Crippen LogP contribution in [0.2, 0.25) is 0 Å². The molecule has 0 aliphatic carbocycles. The standard InChI is InChI=1S/C22H26N3S/c1-2-5-19(6-3-1)21-7-8-22(26-21)20-16-25(17-23-20)14-4-11-24-12-9-18(15-25)10-13-24/h1-3,5-8,16-18H,4,9-15H2/q+1. The van der Waals surface area contributed by atoms with Crippen molar-refractivity contribution in [2.75, 3.05) is 32.7 Å². The number of rotatable bonds is 2. The van der Waals surface area contributed by atoms with Gasteiger partial charge in [0.2, 0.25) is 0 Å². The van der Waals surface area contributed by atoms with E-state index in [2.05, 4.69) is 59.9 Å². The summed E-state index contributed by atoms with van der Waals surface area (Å²) in [5.41, 5.74) is 2.47. The first-order valence-electron chi connectivity index (χ1n) is 9.82. The van der Waals surface area contributed by atoms with E-state index in [1.165, 1.54) is 73.0 Å². The predicted octanol–water partition coefficient (Wildman–Crippen LogP) is 4.69. The summed E-state index contributed by atoms with van der Waals surface area (Å²) in [5, 5.41) is 0. The number of hydrogen-bond acceptors (Lipinski definition) is 3. The van der Waals surface area contributed by atoms with Crippen LogP contribution in [0.4, 0.5) is 0 Å². The Morgan fingerprint density at radius 1 is 0.962 bits per heavy atom. The van der Waals surface area contributed by atoms with Crippen molar-refractivity contribution in [3.63, 3.8) is 0 Å². The number of hydrogen-bond donors (Lipinski definition) is 0. The molecule has 4 heteroatoms. The van der Waals surface area contributed by atoms with Crippen LogP contribution in [0.25, 0.3) is 16.1 Å². The van der Waals surface area contributed by atoms with Crippen molar-refractivity contribution in [2.45, 2.75) is 19.3 Å². The summed E-state index contributed by atoms with van der Waals surface area (Å²) in [5.74, 6) is 0.842. The third kappa shape index (κ3) is 3.18. The van der Waals surface area contributed by atoms with E-state index >= 15 is 0 Å². The normalized spacial score (nSPS) is 30.8. The van der Waals surface area contributed by atoms with Gasteiger partial charge in [-0.15, -0.1) is 11.3 Å². The molecule has 3 nitrogen and oxygen atoms in total. The minimum atomic E-state index is 0.842. The highest BCUT2D eigenvalue weighted by Gasteiger charge is 2.36. The number of fused-ring (bicyclic) bond motifs is 4. The van der Waals surface area contributed by atoms with Gasteiger partial charge in [0.15, 0.2) is 6.34 Å². The number of thiophene rings is 1. The zero-order valence-electron chi connectivity index (χ0n) is 15.2. The number of aliphatic imine (C=N–C) groups is 1. The summed E-state index contributed by atoms with van der Waals surface area (Å²) >= 11 is 1.86. The summed E-state index contributed by atoms with van der Waals surface area (Å²) in [6.07, 6.45) is 8.64. The maximum absolute atomic E-state index is 4.88. The van der Waals surface area contributed by atoms with E-state index in [1.54, 1.807) is 0 Å². The van der Waals surface area contributed by atoms with Crippen molar-refractivity contribution in [3.8, 4) is 10.4 Å². The van der Waals surface area contributed by atoms with Gasteiger partial charge >= 0.3 is 0 Å². The minimum absolute atomic E-state index is 0.842. The Morgan fingerprint density at radius 2 is 1.77 bits per heavy atom. The average molecular weight is 365 g/mol. The quantitative estimate of drug-likeness (QED) is 0.706. The molecular formula is C22H26N3S+. The molecule has 1 unspecified atom stereocenters. The van der Waals surface area contributed by atoms with Gasteiger partial charge in [0.05, 0.1) is 18.0 Å². The molecule has 5 heterocycles. The first-order valence-corrected chi connectivity index (χ1v) is 10.6. The van der Waals surface area contributed by atoms with E-state index in [9.17, 15) is 0 Å². The van der Waals surface area contributed by atoms with Crippen LogP contribution in [0.5, 0.6) is 0 Å². The zero-order chi connectivity index (χ0) is 17.4. The van der Waals surface area contributed by atoms with Gasteiger partial charge in [0.25, 0.3) is 0 Å². The molecule has 0 N–H and O–H groups in total. The number of benzene rings is 1. The third-order valence-electron chi connectivity index (χ3n) is 6.08. The monoisotopic (exact) mass is 364 g/mol. The largest absolute Gasteiger partial charge is 0.303 e. The Labute approximate surface area is 159 Å². The lowest BCUT2D eigenvalue weighted by Gasteiger charge is -2.33. The van der Waals surface area contributed by atoms with Crippen LogP contribution < -0.4 is 0 Å². The van der Waals surface area contributed by atoms with Gasteiger partial charge in [0, 0.05) is 23.8 Å². The fourth-order valence-electron chi connectivity index (χ4n) is 4.62. The zero-order valence-corrected chi connectivity index (χ0v) is 16.0. The highest BCUT2D eigenvalue weighted by molar-refractivity contribution is 7.16. The Balaban J connectivity index is 1.41. The molecular weight excluding hydrogens is 338 g/mol. The SMILES string of the molecule is C1=NC(c2ccc(-c3ccccc3)s2)=C[N+]12CCCN1CCC(CC1)C2. The molecule has 6 rings (SSSR count). The topological polar surface area (TPSA) is 15.6 Å². The second-order valence-electron chi connectivity index (χ2n) is 7.94. The smallest absolute Gasteiger partial charge is 0.195 e. The van der Waals surface area contributed by atoms with E-state index in [0.29, 0.717) is 0 Å². The molecule has 2 bridgehead atoms. The average Bonchev–Trinajstić information content (AvgIpc) is 3.34. The van der Waals surface area contributed by atoms with Gasteiger partial charge in [-0.25, -0.2) is 0 Å². The maximum atomic E-state index is 4.88. The Morgan fingerprint density at radius 3 is 2.62 bits per heavy atom. The predicted molar refractivity (Wildman–Crippen MR) is 110 cm³/mol. The van der Waals surface area contributed by atoms with E-state index in [4.69, 9.17) is 4.99 Å². The van der Waals surface area contributed by atoms with E-state index < -0.39 is 0 Å². The lowest BCUT2D eigenvalue weighted by molar-refractivity contribution is -0.783. The molecule has 0 radical (unpaired) electrons. The van der Waals surface area contributed by atoms with Crippen LogP contribution in [-0.4, -0.2) is 48.4 Å². The lowest BCUT2D eigenvalue weighted by atomic mass is 9.96. The van der Waals surface area contributed by atoms with Crippen molar-refractivity contribution in [3.05, 3.63) is 53.5 Å². The number of nitrogens with zero attached hydrogens (tertiary/aromatic N) is 3. The molecule has 1 aromatic heterocycles. The summed E-state index contributed by atoms with van der Waals surface area (Å²) in [7, 11) is 0. The molecule has 3 fully saturated rings.